The van der Waals surface area contributed by atoms with Crippen LogP contribution in [0.15, 0.2) is 0 Å². The second kappa shape index (κ2) is 4.39. The summed E-state index contributed by atoms with van der Waals surface area (Å²) in [7, 11) is 0. The quantitative estimate of drug-likeness (QED) is 0.615. The molecule has 0 N–H and O–H groups in total. The molecule has 0 aromatic rings. The number of hydrogen-bond donors (Lipinski definition) is 0. The number of thioether (sulfide) groups is 1. The van der Waals surface area contributed by atoms with Crippen LogP contribution in [0.3, 0.4) is 0 Å². The van der Waals surface area contributed by atoms with Crippen molar-refractivity contribution >= 4 is 11.8 Å². The third kappa shape index (κ3) is 2.40. The van der Waals surface area contributed by atoms with E-state index in [1.807, 2.05) is 11.8 Å². The van der Waals surface area contributed by atoms with Crippen LogP contribution in [0.4, 0.5) is 0 Å². The van der Waals surface area contributed by atoms with Gasteiger partial charge in [-0.05, 0) is 29.8 Å². The highest BCUT2D eigenvalue weighted by Gasteiger charge is 2.26. The maximum Gasteiger partial charge on any atom is -0.00368 e. The van der Waals surface area contributed by atoms with E-state index in [4.69, 9.17) is 0 Å². The first-order valence-electron chi connectivity index (χ1n) is 4.74. The van der Waals surface area contributed by atoms with E-state index in [1.54, 1.807) is 0 Å². The fourth-order valence-electron chi connectivity index (χ4n) is 2.27. The molecule has 11 heavy (non-hydrogen) atoms. The van der Waals surface area contributed by atoms with Gasteiger partial charge in [0, 0.05) is 0 Å². The molecule has 0 aliphatic heterocycles. The highest BCUT2D eigenvalue weighted by atomic mass is 32.2. The number of rotatable bonds is 2. The van der Waals surface area contributed by atoms with Crippen molar-refractivity contribution in [3.8, 4) is 0 Å². The summed E-state index contributed by atoms with van der Waals surface area (Å²) in [6.45, 7) is 4.85. The van der Waals surface area contributed by atoms with E-state index in [2.05, 4.69) is 20.1 Å². The largest absolute Gasteiger partial charge is 0.165 e. The monoisotopic (exact) mass is 172 g/mol. The Morgan fingerprint density at radius 3 is 2.18 bits per heavy atom. The lowest BCUT2D eigenvalue weighted by atomic mass is 9.75. The van der Waals surface area contributed by atoms with Crippen molar-refractivity contribution in [3.63, 3.8) is 0 Å². The van der Waals surface area contributed by atoms with Crippen molar-refractivity contribution in [1.82, 2.24) is 0 Å². The van der Waals surface area contributed by atoms with E-state index < -0.39 is 0 Å². The molecular formula is C10H20S. The lowest BCUT2D eigenvalue weighted by Crippen LogP contribution is -2.26. The van der Waals surface area contributed by atoms with Crippen LogP contribution in [-0.2, 0) is 0 Å². The van der Waals surface area contributed by atoms with Gasteiger partial charge in [-0.1, -0.05) is 33.1 Å². The van der Waals surface area contributed by atoms with Gasteiger partial charge in [0.15, 0.2) is 0 Å². The van der Waals surface area contributed by atoms with E-state index in [0.29, 0.717) is 0 Å². The number of hydrogen-bond acceptors (Lipinski definition) is 1. The van der Waals surface area contributed by atoms with Gasteiger partial charge in [-0.2, -0.15) is 11.8 Å². The molecule has 1 aliphatic carbocycles. The summed E-state index contributed by atoms with van der Waals surface area (Å²) in [6, 6.07) is 0. The molecule has 1 rings (SSSR count). The van der Waals surface area contributed by atoms with Gasteiger partial charge in [-0.15, -0.1) is 0 Å². The predicted molar refractivity (Wildman–Crippen MR) is 54.1 cm³/mol. The molecule has 2 unspecified atom stereocenters. The Morgan fingerprint density at radius 1 is 1.18 bits per heavy atom. The molecule has 66 valence electrons. The summed E-state index contributed by atoms with van der Waals surface area (Å²) in [5.74, 6) is 4.33. The highest BCUT2D eigenvalue weighted by molar-refractivity contribution is 7.98. The van der Waals surface area contributed by atoms with Crippen LogP contribution in [0.5, 0.6) is 0 Å². The topological polar surface area (TPSA) is 0 Å². The zero-order valence-corrected chi connectivity index (χ0v) is 8.79. The molecule has 1 fully saturated rings. The van der Waals surface area contributed by atoms with Crippen molar-refractivity contribution in [1.29, 1.82) is 0 Å². The van der Waals surface area contributed by atoms with E-state index in [-0.39, 0.29) is 0 Å². The summed E-state index contributed by atoms with van der Waals surface area (Å²) in [4.78, 5) is 0. The van der Waals surface area contributed by atoms with Crippen molar-refractivity contribution in [2.24, 2.45) is 17.8 Å². The maximum absolute atomic E-state index is 2.43. The summed E-state index contributed by atoms with van der Waals surface area (Å²) >= 11 is 2.02. The molecule has 0 amide bonds. The minimum Gasteiger partial charge on any atom is -0.165 e. The van der Waals surface area contributed by atoms with Gasteiger partial charge in [0.1, 0.15) is 0 Å². The van der Waals surface area contributed by atoms with Gasteiger partial charge in [0.25, 0.3) is 0 Å². The van der Waals surface area contributed by atoms with Gasteiger partial charge in [0.2, 0.25) is 0 Å². The standard InChI is InChI=1S/C10H20S/c1-8-5-4-6-9(2)10(8)7-11-3/h8-10H,4-7H2,1-3H3. The molecule has 0 spiro atoms. The fourth-order valence-corrected chi connectivity index (χ4v) is 3.31. The molecule has 0 aromatic carbocycles. The van der Waals surface area contributed by atoms with E-state index in [9.17, 15) is 0 Å². The molecule has 0 heterocycles. The van der Waals surface area contributed by atoms with Crippen molar-refractivity contribution in [2.75, 3.05) is 12.0 Å². The van der Waals surface area contributed by atoms with Crippen LogP contribution in [0.25, 0.3) is 0 Å². The van der Waals surface area contributed by atoms with Crippen molar-refractivity contribution in [3.05, 3.63) is 0 Å². The van der Waals surface area contributed by atoms with Crippen molar-refractivity contribution < 1.29 is 0 Å². The zero-order chi connectivity index (χ0) is 8.27. The fraction of sp³-hybridized carbons (Fsp3) is 1.00. The van der Waals surface area contributed by atoms with Gasteiger partial charge in [-0.3, -0.25) is 0 Å². The molecule has 0 nitrogen and oxygen atoms in total. The first-order valence-corrected chi connectivity index (χ1v) is 6.14. The molecule has 1 saturated carbocycles. The Kier molecular flexibility index (Phi) is 3.77. The predicted octanol–water partition coefficient (Wildman–Crippen LogP) is 3.42. The first kappa shape index (κ1) is 9.44. The minimum absolute atomic E-state index is 0.978. The van der Waals surface area contributed by atoms with E-state index >= 15 is 0 Å². The van der Waals surface area contributed by atoms with Gasteiger partial charge in [0.05, 0.1) is 0 Å². The summed E-state index contributed by atoms with van der Waals surface area (Å²) < 4.78 is 0. The third-order valence-corrected chi connectivity index (χ3v) is 3.86. The smallest absolute Gasteiger partial charge is 0.00368 e. The highest BCUT2D eigenvalue weighted by Crippen LogP contribution is 2.35. The van der Waals surface area contributed by atoms with Gasteiger partial charge < -0.3 is 0 Å². The molecule has 0 aromatic heterocycles. The van der Waals surface area contributed by atoms with Crippen LogP contribution in [0, 0.1) is 17.8 Å². The molecule has 0 saturated heterocycles. The third-order valence-electron chi connectivity index (χ3n) is 3.14. The molecule has 1 aliphatic rings. The molecule has 2 atom stereocenters. The van der Waals surface area contributed by atoms with E-state index in [1.165, 1.54) is 25.0 Å². The first-order chi connectivity index (χ1) is 5.25. The van der Waals surface area contributed by atoms with Crippen LogP contribution >= 0.6 is 11.8 Å². The van der Waals surface area contributed by atoms with E-state index in [0.717, 1.165) is 17.8 Å². The average molecular weight is 172 g/mol. The van der Waals surface area contributed by atoms with Crippen LogP contribution in [0.2, 0.25) is 0 Å². The van der Waals surface area contributed by atoms with Crippen LogP contribution in [-0.4, -0.2) is 12.0 Å². The normalized spacial score (nSPS) is 39.0. The summed E-state index contributed by atoms with van der Waals surface area (Å²) in [6.07, 6.45) is 6.63. The Balaban J connectivity index is 2.41. The van der Waals surface area contributed by atoms with Crippen LogP contribution < -0.4 is 0 Å². The van der Waals surface area contributed by atoms with Crippen molar-refractivity contribution in [2.45, 2.75) is 33.1 Å². The maximum atomic E-state index is 2.43. The lowest BCUT2D eigenvalue weighted by Gasteiger charge is -2.34. The minimum atomic E-state index is 0.978. The summed E-state index contributed by atoms with van der Waals surface area (Å²) in [5.41, 5.74) is 0. The van der Waals surface area contributed by atoms with Gasteiger partial charge >= 0.3 is 0 Å². The van der Waals surface area contributed by atoms with Crippen LogP contribution in [0.1, 0.15) is 33.1 Å². The van der Waals surface area contributed by atoms with Gasteiger partial charge in [-0.25, -0.2) is 0 Å². The molecule has 1 heteroatoms. The molecule has 0 radical (unpaired) electrons. The Labute approximate surface area is 75.1 Å². The Hall–Kier alpha value is 0.350. The second-order valence-electron chi connectivity index (χ2n) is 4.00. The zero-order valence-electron chi connectivity index (χ0n) is 7.97. The Bertz CT molecular complexity index is 101. The molecular weight excluding hydrogens is 152 g/mol. The summed E-state index contributed by atoms with van der Waals surface area (Å²) in [5, 5.41) is 0. The average Bonchev–Trinajstić information content (AvgIpc) is 1.97. The Morgan fingerprint density at radius 2 is 1.73 bits per heavy atom. The lowest BCUT2D eigenvalue weighted by molar-refractivity contribution is 0.202. The SMILES string of the molecule is CSCC1C(C)CCCC1C. The molecule has 0 bridgehead atoms. The second-order valence-corrected chi connectivity index (χ2v) is 4.92.